The van der Waals surface area contributed by atoms with E-state index in [0.717, 1.165) is 21.8 Å². The molecular formula is C25H29FN6S. The van der Waals surface area contributed by atoms with Crippen LogP contribution in [-0.4, -0.2) is 29.3 Å². The number of allylic oxidation sites excluding steroid dienone is 1. The summed E-state index contributed by atoms with van der Waals surface area (Å²) in [5.74, 6) is 0.376. The molecule has 8 heteroatoms. The van der Waals surface area contributed by atoms with Gasteiger partial charge in [0.15, 0.2) is 0 Å². The minimum absolute atomic E-state index is 0.253. The van der Waals surface area contributed by atoms with Crippen molar-refractivity contribution in [1.29, 1.82) is 0 Å². The summed E-state index contributed by atoms with van der Waals surface area (Å²) < 4.78 is 13.9. The zero-order valence-electron chi connectivity index (χ0n) is 19.7. The Kier molecular flexibility index (Phi) is 6.98. The van der Waals surface area contributed by atoms with Gasteiger partial charge in [-0.1, -0.05) is 13.2 Å². The molecule has 0 aliphatic rings. The van der Waals surface area contributed by atoms with E-state index in [2.05, 4.69) is 37.0 Å². The number of anilines is 3. The summed E-state index contributed by atoms with van der Waals surface area (Å²) in [4.78, 5) is 16.6. The van der Waals surface area contributed by atoms with Gasteiger partial charge < -0.3 is 16.4 Å². The van der Waals surface area contributed by atoms with Crippen LogP contribution in [0.4, 0.5) is 26.7 Å². The number of halogens is 1. The molecule has 0 unspecified atom stereocenters. The van der Waals surface area contributed by atoms with Gasteiger partial charge in [-0.05, 0) is 68.2 Å². The molecule has 0 atom stereocenters. The van der Waals surface area contributed by atoms with Crippen molar-refractivity contribution in [2.75, 3.05) is 30.0 Å². The van der Waals surface area contributed by atoms with E-state index in [1.807, 2.05) is 25.8 Å². The van der Waals surface area contributed by atoms with Gasteiger partial charge in [-0.15, -0.1) is 11.3 Å². The van der Waals surface area contributed by atoms with Crippen LogP contribution in [0, 0.1) is 19.7 Å². The predicted molar refractivity (Wildman–Crippen MR) is 140 cm³/mol. The summed E-state index contributed by atoms with van der Waals surface area (Å²) in [5, 5.41) is 0.950. The first-order chi connectivity index (χ1) is 15.5. The standard InChI is InChI=1S/C25H29FN6S/c1-13(2)21-15(4)17(6)33-25(21)31-14(3)11-32(7)24-22(23(28)29-12-30-24)16(5)18-8-19(26)10-20(27)9-18/h8-10,12H,1,5,11,27H2,2-4,6-7H3,(H2,28,29,30). The van der Waals surface area contributed by atoms with Crippen molar-refractivity contribution < 1.29 is 4.39 Å². The Balaban J connectivity index is 1.96. The van der Waals surface area contributed by atoms with Crippen molar-refractivity contribution in [2.45, 2.75) is 27.7 Å². The molecule has 1 aromatic carbocycles. The van der Waals surface area contributed by atoms with Crippen LogP contribution >= 0.6 is 11.3 Å². The smallest absolute Gasteiger partial charge is 0.142 e. The Morgan fingerprint density at radius 2 is 1.82 bits per heavy atom. The maximum absolute atomic E-state index is 13.9. The third kappa shape index (κ3) is 5.12. The normalized spacial score (nSPS) is 11.5. The van der Waals surface area contributed by atoms with Crippen molar-refractivity contribution in [3.8, 4) is 0 Å². The molecule has 0 radical (unpaired) electrons. The molecule has 0 amide bonds. The van der Waals surface area contributed by atoms with Crippen LogP contribution in [0.3, 0.4) is 0 Å². The molecule has 2 heterocycles. The van der Waals surface area contributed by atoms with E-state index in [4.69, 9.17) is 16.5 Å². The Hall–Kier alpha value is -3.52. The van der Waals surface area contributed by atoms with Gasteiger partial charge in [0.1, 0.15) is 28.8 Å². The van der Waals surface area contributed by atoms with Crippen molar-refractivity contribution >= 4 is 50.5 Å². The van der Waals surface area contributed by atoms with E-state index in [9.17, 15) is 4.39 Å². The molecule has 0 fully saturated rings. The molecule has 33 heavy (non-hydrogen) atoms. The van der Waals surface area contributed by atoms with E-state index in [-0.39, 0.29) is 5.82 Å². The number of nitrogens with two attached hydrogens (primary N) is 2. The molecule has 172 valence electrons. The number of nitrogens with zero attached hydrogens (tertiary/aromatic N) is 4. The van der Waals surface area contributed by atoms with Crippen LogP contribution < -0.4 is 16.4 Å². The van der Waals surface area contributed by atoms with Crippen LogP contribution in [0.5, 0.6) is 0 Å². The zero-order valence-corrected chi connectivity index (χ0v) is 20.5. The molecule has 2 aromatic heterocycles. The summed E-state index contributed by atoms with van der Waals surface area (Å²) in [6.07, 6.45) is 1.40. The highest BCUT2D eigenvalue weighted by Crippen LogP contribution is 2.39. The molecule has 0 aliphatic heterocycles. The zero-order chi connectivity index (χ0) is 24.4. The molecule has 0 saturated heterocycles. The molecule has 0 saturated carbocycles. The van der Waals surface area contributed by atoms with Crippen molar-refractivity contribution in [3.63, 3.8) is 0 Å². The van der Waals surface area contributed by atoms with E-state index in [1.165, 1.54) is 28.9 Å². The molecule has 3 rings (SSSR count). The molecule has 4 N–H and O–H groups in total. The number of thiophene rings is 1. The highest BCUT2D eigenvalue weighted by molar-refractivity contribution is 7.16. The average Bonchev–Trinajstić information content (AvgIpc) is 2.99. The van der Waals surface area contributed by atoms with Crippen molar-refractivity contribution in [1.82, 2.24) is 9.97 Å². The lowest BCUT2D eigenvalue weighted by atomic mass is 9.99. The average molecular weight is 465 g/mol. The minimum atomic E-state index is -0.450. The Bertz CT molecular complexity index is 1250. The number of rotatable bonds is 7. The first kappa shape index (κ1) is 24.1. The summed E-state index contributed by atoms with van der Waals surface area (Å²) in [6, 6.07) is 4.26. The number of nitrogen functional groups attached to an aromatic ring is 2. The summed E-state index contributed by atoms with van der Waals surface area (Å²) in [6.45, 7) is 16.9. The van der Waals surface area contributed by atoms with Gasteiger partial charge >= 0.3 is 0 Å². The second-order valence-electron chi connectivity index (χ2n) is 8.16. The molecular weight excluding hydrogens is 435 g/mol. The number of benzene rings is 1. The highest BCUT2D eigenvalue weighted by Gasteiger charge is 2.19. The largest absolute Gasteiger partial charge is 0.399 e. The van der Waals surface area contributed by atoms with E-state index in [1.54, 1.807) is 17.4 Å². The minimum Gasteiger partial charge on any atom is -0.399 e. The maximum atomic E-state index is 13.9. The first-order valence-electron chi connectivity index (χ1n) is 10.4. The van der Waals surface area contributed by atoms with Gasteiger partial charge in [-0.3, -0.25) is 0 Å². The lowest BCUT2D eigenvalue weighted by Crippen LogP contribution is -2.26. The quantitative estimate of drug-likeness (QED) is 0.341. The van der Waals surface area contributed by atoms with Crippen molar-refractivity contribution in [3.05, 3.63) is 70.6 Å². The summed E-state index contributed by atoms with van der Waals surface area (Å²) in [7, 11) is 1.89. The number of hydrogen-bond donors (Lipinski definition) is 2. The molecule has 0 bridgehead atoms. The summed E-state index contributed by atoms with van der Waals surface area (Å²) >= 11 is 1.66. The Morgan fingerprint density at radius 3 is 2.45 bits per heavy atom. The maximum Gasteiger partial charge on any atom is 0.142 e. The third-order valence-corrected chi connectivity index (χ3v) is 6.44. The fraction of sp³-hybridized carbons (Fsp3) is 0.240. The lowest BCUT2D eigenvalue weighted by Gasteiger charge is -2.22. The fourth-order valence-corrected chi connectivity index (χ4v) is 4.89. The van der Waals surface area contributed by atoms with Crippen LogP contribution in [0.15, 0.2) is 42.7 Å². The number of aliphatic imine (C=N–C) groups is 1. The molecule has 0 spiro atoms. The second-order valence-corrected chi connectivity index (χ2v) is 9.36. The third-order valence-electron chi connectivity index (χ3n) is 5.34. The van der Waals surface area contributed by atoms with Gasteiger partial charge in [-0.2, -0.15) is 0 Å². The van der Waals surface area contributed by atoms with Crippen molar-refractivity contribution in [2.24, 2.45) is 4.99 Å². The Morgan fingerprint density at radius 1 is 1.12 bits per heavy atom. The SMILES string of the molecule is C=C(c1cc(N)cc(F)c1)c1c(N)ncnc1N(C)CC(C)=Nc1sc(C)c(C)c1C(=C)C. The van der Waals surface area contributed by atoms with Crippen LogP contribution in [0.1, 0.15) is 41.0 Å². The van der Waals surface area contributed by atoms with Crippen LogP contribution in [-0.2, 0) is 0 Å². The van der Waals surface area contributed by atoms with E-state index >= 15 is 0 Å². The van der Waals surface area contributed by atoms with E-state index in [0.29, 0.717) is 34.8 Å². The molecule has 0 aliphatic carbocycles. The Labute approximate surface area is 198 Å². The molecule has 6 nitrogen and oxygen atoms in total. The first-order valence-corrected chi connectivity index (χ1v) is 11.2. The van der Waals surface area contributed by atoms with Gasteiger partial charge in [0.2, 0.25) is 0 Å². The highest BCUT2D eigenvalue weighted by atomic mass is 32.1. The van der Waals surface area contributed by atoms with Crippen LogP contribution in [0.25, 0.3) is 11.1 Å². The summed E-state index contributed by atoms with van der Waals surface area (Å²) in [5.41, 5.74) is 18.1. The van der Waals surface area contributed by atoms with Gasteiger partial charge in [0.25, 0.3) is 0 Å². The van der Waals surface area contributed by atoms with Gasteiger partial charge in [0, 0.05) is 28.9 Å². The second kappa shape index (κ2) is 9.54. The topological polar surface area (TPSA) is 93.4 Å². The van der Waals surface area contributed by atoms with Gasteiger partial charge in [-0.25, -0.2) is 19.4 Å². The van der Waals surface area contributed by atoms with E-state index < -0.39 is 5.82 Å². The lowest BCUT2D eigenvalue weighted by molar-refractivity contribution is 0.628. The number of aromatic nitrogens is 2. The number of aryl methyl sites for hydroxylation is 1. The molecule has 3 aromatic rings. The fourth-order valence-electron chi connectivity index (χ4n) is 3.72. The predicted octanol–water partition coefficient (Wildman–Crippen LogP) is 5.78. The monoisotopic (exact) mass is 464 g/mol. The number of hydrogen-bond acceptors (Lipinski definition) is 7. The van der Waals surface area contributed by atoms with Gasteiger partial charge in [0.05, 0.1) is 12.1 Å². The van der Waals surface area contributed by atoms with Crippen LogP contribution in [0.2, 0.25) is 0 Å².